The Morgan fingerprint density at radius 1 is 1.00 bits per heavy atom. The van der Waals surface area contributed by atoms with Crippen LogP contribution in [0.5, 0.6) is 0 Å². The molecule has 9 nitrogen and oxygen atoms in total. The van der Waals surface area contributed by atoms with Gasteiger partial charge < -0.3 is 0 Å². The van der Waals surface area contributed by atoms with E-state index in [9.17, 15) is 4.79 Å². The van der Waals surface area contributed by atoms with Gasteiger partial charge in [-0.3, -0.25) is 29.5 Å². The van der Waals surface area contributed by atoms with Gasteiger partial charge in [-0.2, -0.15) is 0 Å². The molecule has 0 amide bonds. The van der Waals surface area contributed by atoms with E-state index in [0.29, 0.717) is 23.2 Å². The third-order valence-electron chi connectivity index (χ3n) is 6.14. The van der Waals surface area contributed by atoms with Crippen LogP contribution in [0.1, 0.15) is 24.6 Å². The number of carbonyl (C=O) groups is 1. The number of thiophene rings is 1. The van der Waals surface area contributed by atoms with Crippen molar-refractivity contribution in [1.29, 1.82) is 0 Å². The SMILES string of the molecule is CCCC(=O)n1c2cncc(c2)c2cnc3[nH][nH]c(c4nc5cncc(c6ccc1s6)c5n4)-c3c2. The summed E-state index contributed by atoms with van der Waals surface area (Å²) in [6.45, 7) is 2.00. The van der Waals surface area contributed by atoms with E-state index < -0.39 is 0 Å². The van der Waals surface area contributed by atoms with Crippen LogP contribution in [0.3, 0.4) is 0 Å². The summed E-state index contributed by atoms with van der Waals surface area (Å²) in [7, 11) is 0. The molecule has 0 radical (unpaired) electrons. The molecular formula is C25H18N8OS. The highest BCUT2D eigenvalue weighted by Crippen LogP contribution is 2.32. The number of aromatic amines is 2. The summed E-state index contributed by atoms with van der Waals surface area (Å²) in [6.07, 6.45) is 10.0. The molecule has 10 heteroatoms. The lowest BCUT2D eigenvalue weighted by Crippen LogP contribution is -2.10. The maximum atomic E-state index is 13.3. The van der Waals surface area contributed by atoms with Gasteiger partial charge in [0.05, 0.1) is 17.9 Å². The first-order valence-electron chi connectivity index (χ1n) is 11.3. The highest BCUT2D eigenvalue weighted by molar-refractivity contribution is 7.24. The summed E-state index contributed by atoms with van der Waals surface area (Å²) in [5, 5.41) is 8.91. The molecule has 2 aliphatic heterocycles. The quantitative estimate of drug-likeness (QED) is 0.333. The maximum Gasteiger partial charge on any atom is 0.232 e. The van der Waals surface area contributed by atoms with Crippen molar-refractivity contribution in [1.82, 2.24) is 39.7 Å². The number of fused-ring (bicyclic) bond motifs is 9. The van der Waals surface area contributed by atoms with Crippen LogP contribution in [0.25, 0.3) is 64.8 Å². The predicted octanol–water partition coefficient (Wildman–Crippen LogP) is 5.62. The fourth-order valence-electron chi connectivity index (χ4n) is 4.48. The molecular weight excluding hydrogens is 460 g/mol. The Kier molecular flexibility index (Phi) is 4.30. The molecule has 2 aliphatic rings. The normalized spacial score (nSPS) is 11.9. The standard InChI is InChI=1S/C25H18N8OS/c1-2-3-20(34)33-15-6-13(8-26-10-15)14-7-16-23(31-32-24(16)28-9-14)25-29-18-12-27-11-17(22(18)30-25)19-4-5-21(33)35-19/h4-12,31H,2-3H2,1H3,(H,28,32). The molecule has 5 aromatic rings. The monoisotopic (exact) mass is 478 g/mol. The zero-order valence-electron chi connectivity index (χ0n) is 18.6. The topological polar surface area (TPSA) is 118 Å². The Morgan fingerprint density at radius 3 is 2.80 bits per heavy atom. The second-order valence-corrected chi connectivity index (χ2v) is 9.46. The van der Waals surface area contributed by atoms with E-state index in [1.165, 1.54) is 11.3 Å². The van der Waals surface area contributed by atoms with Crippen LogP contribution in [0.4, 0.5) is 0 Å². The Morgan fingerprint density at radius 2 is 1.89 bits per heavy atom. The number of hydrogen-bond donors (Lipinski definition) is 2. The van der Waals surface area contributed by atoms with Crippen molar-refractivity contribution in [2.24, 2.45) is 0 Å². The lowest BCUT2D eigenvalue weighted by atomic mass is 10.1. The molecule has 35 heavy (non-hydrogen) atoms. The van der Waals surface area contributed by atoms with Crippen molar-refractivity contribution in [3.8, 4) is 11.3 Å². The van der Waals surface area contributed by atoms with Crippen LogP contribution in [-0.4, -0.2) is 45.6 Å². The molecule has 7 heterocycles. The molecule has 0 saturated heterocycles. The molecule has 2 N–H and O–H groups in total. The zero-order chi connectivity index (χ0) is 23.5. The Balaban J connectivity index is 1.73. The Hall–Kier alpha value is -4.44. The average Bonchev–Trinajstić information content (AvgIpc) is 3.61. The van der Waals surface area contributed by atoms with Gasteiger partial charge in [0.15, 0.2) is 11.3 Å². The molecule has 8 bridgehead atoms. The summed E-state index contributed by atoms with van der Waals surface area (Å²) < 4.78 is 2.72. The fraction of sp³-hybridized carbons (Fsp3) is 0.120. The lowest BCUT2D eigenvalue weighted by Gasteiger charge is -2.07. The van der Waals surface area contributed by atoms with E-state index >= 15 is 0 Å². The van der Waals surface area contributed by atoms with E-state index in [1.54, 1.807) is 35.6 Å². The predicted molar refractivity (Wildman–Crippen MR) is 137 cm³/mol. The largest absolute Gasteiger partial charge is 0.295 e. The molecule has 0 saturated carbocycles. The smallest absolute Gasteiger partial charge is 0.232 e. The van der Waals surface area contributed by atoms with Crippen molar-refractivity contribution in [3.05, 3.63) is 55.2 Å². The molecule has 0 aromatic carbocycles. The summed E-state index contributed by atoms with van der Waals surface area (Å²) in [5.41, 5.74) is 5.07. The van der Waals surface area contributed by atoms with E-state index in [0.717, 1.165) is 54.4 Å². The minimum atomic E-state index is 0.0204. The number of aromatic nitrogens is 8. The van der Waals surface area contributed by atoms with Gasteiger partial charge in [0.2, 0.25) is 5.91 Å². The fourth-order valence-corrected chi connectivity index (χ4v) is 5.53. The van der Waals surface area contributed by atoms with Gasteiger partial charge in [0.25, 0.3) is 0 Å². The van der Waals surface area contributed by atoms with Crippen molar-refractivity contribution < 1.29 is 4.79 Å². The lowest BCUT2D eigenvalue weighted by molar-refractivity contribution is 0.0912. The number of carbonyl (C=O) groups excluding carboxylic acids is 1. The van der Waals surface area contributed by atoms with E-state index in [1.807, 2.05) is 31.2 Å². The summed E-state index contributed by atoms with van der Waals surface area (Å²) in [6, 6.07) is 7.99. The zero-order valence-corrected chi connectivity index (χ0v) is 19.4. The van der Waals surface area contributed by atoms with Gasteiger partial charge in [-0.05, 0) is 30.7 Å². The molecule has 0 spiro atoms. The Bertz CT molecular complexity index is 1960. The molecule has 0 atom stereocenters. The molecule has 5 aromatic heterocycles. The number of hydrogen-bond acceptors (Lipinski definition) is 7. The van der Waals surface area contributed by atoms with Crippen molar-refractivity contribution >= 4 is 70.8 Å². The van der Waals surface area contributed by atoms with Gasteiger partial charge in [0, 0.05) is 51.4 Å². The summed E-state index contributed by atoms with van der Waals surface area (Å²) in [4.78, 5) is 37.2. The van der Waals surface area contributed by atoms with Crippen molar-refractivity contribution in [3.63, 3.8) is 0 Å². The third-order valence-corrected chi connectivity index (χ3v) is 7.24. The van der Waals surface area contributed by atoms with Crippen LogP contribution in [-0.2, 0) is 0 Å². The van der Waals surface area contributed by atoms with E-state index in [2.05, 4.69) is 25.1 Å². The van der Waals surface area contributed by atoms with E-state index in [-0.39, 0.29) is 5.91 Å². The van der Waals surface area contributed by atoms with Gasteiger partial charge >= 0.3 is 0 Å². The Labute approximate surface area is 201 Å². The number of imidazole rings is 1. The van der Waals surface area contributed by atoms with E-state index in [4.69, 9.17) is 9.97 Å². The minimum Gasteiger partial charge on any atom is -0.295 e. The van der Waals surface area contributed by atoms with Crippen LogP contribution in [0.2, 0.25) is 0 Å². The van der Waals surface area contributed by atoms with Crippen LogP contribution in [0, 0.1) is 0 Å². The third kappa shape index (κ3) is 3.07. The average molecular weight is 479 g/mol. The number of rotatable bonds is 2. The van der Waals surface area contributed by atoms with Gasteiger partial charge in [0.1, 0.15) is 21.6 Å². The van der Waals surface area contributed by atoms with Crippen molar-refractivity contribution in [2.75, 3.05) is 0 Å². The molecule has 0 aliphatic carbocycles. The molecule has 0 fully saturated rings. The summed E-state index contributed by atoms with van der Waals surface area (Å²) >= 11 is 1.52. The number of nitrogens with zero attached hydrogens (tertiary/aromatic N) is 6. The van der Waals surface area contributed by atoms with Crippen LogP contribution in [0.15, 0.2) is 55.2 Å². The second-order valence-electron chi connectivity index (χ2n) is 8.40. The van der Waals surface area contributed by atoms with Crippen LogP contribution < -0.4 is 0 Å². The minimum absolute atomic E-state index is 0.0204. The molecule has 0 unspecified atom stereocenters. The second kappa shape index (κ2) is 7.54. The summed E-state index contributed by atoms with van der Waals surface area (Å²) in [5.74, 6) is 0.0204. The first kappa shape index (κ1) is 20.0. The van der Waals surface area contributed by atoms with Gasteiger partial charge in [-0.15, -0.1) is 11.3 Å². The maximum absolute atomic E-state index is 13.3. The highest BCUT2D eigenvalue weighted by Gasteiger charge is 2.16. The number of nitrogens with one attached hydrogen (secondary N) is 2. The first-order valence-corrected chi connectivity index (χ1v) is 12.1. The molecule has 7 rings (SSSR count). The molecule has 170 valence electrons. The van der Waals surface area contributed by atoms with Gasteiger partial charge in [-0.25, -0.2) is 15.0 Å². The number of pyridine rings is 3. The number of H-pyrrole nitrogens is 2. The van der Waals surface area contributed by atoms with Gasteiger partial charge in [-0.1, -0.05) is 6.92 Å². The highest BCUT2D eigenvalue weighted by atomic mass is 32.1. The van der Waals surface area contributed by atoms with Crippen LogP contribution >= 0.6 is 11.3 Å². The van der Waals surface area contributed by atoms with Crippen molar-refractivity contribution in [2.45, 2.75) is 19.8 Å². The first-order chi connectivity index (χ1) is 17.2.